The maximum atomic E-state index is 12.5. The third-order valence-corrected chi connectivity index (χ3v) is 4.78. The Morgan fingerprint density at radius 1 is 1.19 bits per heavy atom. The van der Waals surface area contributed by atoms with Gasteiger partial charge in [0.1, 0.15) is 29.7 Å². The highest BCUT2D eigenvalue weighted by Gasteiger charge is 2.30. The van der Waals surface area contributed by atoms with Crippen LogP contribution in [0.15, 0.2) is 47.3 Å². The second kappa shape index (κ2) is 7.15. The lowest BCUT2D eigenvalue weighted by molar-refractivity contribution is -0.122. The Morgan fingerprint density at radius 3 is 2.81 bits per heavy atom. The molecule has 6 heteroatoms. The standard InChI is InChI=1S/C20H22N4O2/c1-23-12-10-21-19(23)14-26-16-8-6-15(7-9-16)13-17-20(25)24-11-4-2-3-5-18(24)22-17/h6-10,12-13H,2-5,11,14H2,1H3/b17-13-. The van der Waals surface area contributed by atoms with Crippen LogP contribution in [0.3, 0.4) is 0 Å². The van der Waals surface area contributed by atoms with Crippen LogP contribution in [0.4, 0.5) is 0 Å². The van der Waals surface area contributed by atoms with Crippen LogP contribution in [-0.2, 0) is 18.4 Å². The maximum Gasteiger partial charge on any atom is 0.277 e. The van der Waals surface area contributed by atoms with E-state index in [-0.39, 0.29) is 5.91 Å². The molecule has 1 aromatic carbocycles. The van der Waals surface area contributed by atoms with E-state index in [1.807, 2.05) is 53.1 Å². The normalized spacial score (nSPS) is 18.7. The fourth-order valence-corrected chi connectivity index (χ4v) is 3.25. The number of rotatable bonds is 4. The van der Waals surface area contributed by atoms with Crippen molar-refractivity contribution in [1.82, 2.24) is 14.5 Å². The van der Waals surface area contributed by atoms with Crippen molar-refractivity contribution in [2.24, 2.45) is 12.0 Å². The lowest BCUT2D eigenvalue weighted by atomic mass is 10.2. The third-order valence-electron chi connectivity index (χ3n) is 4.78. The van der Waals surface area contributed by atoms with Crippen molar-refractivity contribution in [2.45, 2.75) is 32.3 Å². The monoisotopic (exact) mass is 350 g/mol. The zero-order chi connectivity index (χ0) is 17.9. The number of hydrogen-bond donors (Lipinski definition) is 0. The predicted molar refractivity (Wildman–Crippen MR) is 99.6 cm³/mol. The number of aryl methyl sites for hydroxylation is 1. The fourth-order valence-electron chi connectivity index (χ4n) is 3.25. The Balaban J connectivity index is 1.44. The number of amides is 1. The molecule has 0 radical (unpaired) electrons. The molecule has 0 aliphatic carbocycles. The number of carbonyl (C=O) groups excluding carboxylic acids is 1. The average Bonchev–Trinajstić information content (AvgIpc) is 3.08. The van der Waals surface area contributed by atoms with E-state index >= 15 is 0 Å². The first kappa shape index (κ1) is 16.6. The number of ether oxygens (including phenoxy) is 1. The molecule has 1 aromatic heterocycles. The Bertz CT molecular complexity index is 864. The van der Waals surface area contributed by atoms with Gasteiger partial charge in [-0.3, -0.25) is 9.69 Å². The molecule has 2 aromatic rings. The quantitative estimate of drug-likeness (QED) is 0.796. The van der Waals surface area contributed by atoms with Crippen molar-refractivity contribution in [3.05, 3.63) is 53.7 Å². The van der Waals surface area contributed by atoms with Gasteiger partial charge in [-0.25, -0.2) is 9.98 Å². The first-order valence-electron chi connectivity index (χ1n) is 9.01. The number of benzene rings is 1. The van der Waals surface area contributed by atoms with Gasteiger partial charge in [0.25, 0.3) is 5.91 Å². The van der Waals surface area contributed by atoms with E-state index in [1.54, 1.807) is 6.20 Å². The summed E-state index contributed by atoms with van der Waals surface area (Å²) in [5, 5.41) is 0. The first-order chi connectivity index (χ1) is 12.7. The van der Waals surface area contributed by atoms with Gasteiger partial charge in [-0.1, -0.05) is 18.6 Å². The van der Waals surface area contributed by atoms with Gasteiger partial charge >= 0.3 is 0 Å². The van der Waals surface area contributed by atoms with Crippen LogP contribution < -0.4 is 4.74 Å². The Morgan fingerprint density at radius 2 is 2.04 bits per heavy atom. The van der Waals surface area contributed by atoms with Gasteiger partial charge in [0, 0.05) is 32.4 Å². The minimum atomic E-state index is 0.0250. The van der Waals surface area contributed by atoms with Gasteiger partial charge in [0.15, 0.2) is 0 Å². The van der Waals surface area contributed by atoms with E-state index in [9.17, 15) is 4.79 Å². The molecule has 4 rings (SSSR count). The van der Waals surface area contributed by atoms with Crippen LogP contribution in [0.1, 0.15) is 37.1 Å². The van der Waals surface area contributed by atoms with Gasteiger partial charge in [-0.2, -0.15) is 0 Å². The summed E-state index contributed by atoms with van der Waals surface area (Å²) in [6.45, 7) is 1.21. The Labute approximate surface area is 152 Å². The zero-order valence-corrected chi connectivity index (χ0v) is 14.9. The average molecular weight is 350 g/mol. The molecule has 3 heterocycles. The largest absolute Gasteiger partial charge is 0.486 e. The smallest absolute Gasteiger partial charge is 0.277 e. The van der Waals surface area contributed by atoms with Crippen molar-refractivity contribution in [2.75, 3.05) is 6.54 Å². The van der Waals surface area contributed by atoms with Crippen molar-refractivity contribution in [1.29, 1.82) is 0 Å². The Kier molecular flexibility index (Phi) is 4.56. The van der Waals surface area contributed by atoms with Gasteiger partial charge < -0.3 is 9.30 Å². The molecule has 6 nitrogen and oxygen atoms in total. The molecule has 134 valence electrons. The van der Waals surface area contributed by atoms with E-state index in [0.29, 0.717) is 12.3 Å². The lowest BCUT2D eigenvalue weighted by Gasteiger charge is -2.14. The molecule has 0 saturated carbocycles. The molecule has 0 N–H and O–H groups in total. The summed E-state index contributed by atoms with van der Waals surface area (Å²) in [4.78, 5) is 23.2. The zero-order valence-electron chi connectivity index (χ0n) is 14.9. The number of aromatic nitrogens is 2. The molecule has 0 bridgehead atoms. The minimum Gasteiger partial charge on any atom is -0.486 e. The highest BCUT2D eigenvalue weighted by atomic mass is 16.5. The number of carbonyl (C=O) groups is 1. The highest BCUT2D eigenvalue weighted by Crippen LogP contribution is 2.24. The number of amidine groups is 1. The van der Waals surface area contributed by atoms with Gasteiger partial charge in [0.2, 0.25) is 0 Å². The summed E-state index contributed by atoms with van der Waals surface area (Å²) in [7, 11) is 1.94. The fraction of sp³-hybridized carbons (Fsp3) is 0.350. The second-order valence-corrected chi connectivity index (χ2v) is 6.64. The lowest BCUT2D eigenvalue weighted by Crippen LogP contribution is -2.31. The van der Waals surface area contributed by atoms with Crippen LogP contribution in [-0.4, -0.2) is 32.7 Å². The van der Waals surface area contributed by atoms with E-state index in [4.69, 9.17) is 4.74 Å². The molecule has 2 aliphatic heterocycles. The molecular weight excluding hydrogens is 328 g/mol. The van der Waals surface area contributed by atoms with E-state index in [0.717, 1.165) is 48.8 Å². The number of fused-ring (bicyclic) bond motifs is 1. The van der Waals surface area contributed by atoms with E-state index in [1.165, 1.54) is 6.42 Å². The third kappa shape index (κ3) is 3.40. The number of imidazole rings is 1. The van der Waals surface area contributed by atoms with Gasteiger partial charge in [-0.15, -0.1) is 0 Å². The number of hydrogen-bond acceptors (Lipinski definition) is 4. The summed E-state index contributed by atoms with van der Waals surface area (Å²) >= 11 is 0. The van der Waals surface area contributed by atoms with Crippen molar-refractivity contribution < 1.29 is 9.53 Å². The summed E-state index contributed by atoms with van der Waals surface area (Å²) < 4.78 is 7.69. The SMILES string of the molecule is Cn1ccnc1COc1ccc(/C=C2\N=C3CCCCCN3C2=O)cc1. The molecule has 0 unspecified atom stereocenters. The topological polar surface area (TPSA) is 59.7 Å². The molecule has 1 amide bonds. The van der Waals surface area contributed by atoms with E-state index < -0.39 is 0 Å². The van der Waals surface area contributed by atoms with Crippen LogP contribution in [0, 0.1) is 0 Å². The number of aliphatic imine (C=N–C) groups is 1. The minimum absolute atomic E-state index is 0.0250. The summed E-state index contributed by atoms with van der Waals surface area (Å²) in [6, 6.07) is 7.69. The van der Waals surface area contributed by atoms with Crippen molar-refractivity contribution >= 4 is 17.8 Å². The van der Waals surface area contributed by atoms with Crippen molar-refractivity contribution in [3.63, 3.8) is 0 Å². The van der Waals surface area contributed by atoms with Crippen LogP contribution >= 0.6 is 0 Å². The Hall–Kier alpha value is -2.89. The predicted octanol–water partition coefficient (Wildman–Crippen LogP) is 3.15. The molecular formula is C20H22N4O2. The molecule has 1 fully saturated rings. The van der Waals surface area contributed by atoms with Crippen LogP contribution in [0.5, 0.6) is 5.75 Å². The molecule has 0 spiro atoms. The van der Waals surface area contributed by atoms with E-state index in [2.05, 4.69) is 9.98 Å². The molecule has 2 aliphatic rings. The van der Waals surface area contributed by atoms with Crippen molar-refractivity contribution in [3.8, 4) is 5.75 Å². The highest BCUT2D eigenvalue weighted by molar-refractivity contribution is 6.14. The molecule has 0 atom stereocenters. The molecule has 26 heavy (non-hydrogen) atoms. The number of nitrogens with zero attached hydrogens (tertiary/aromatic N) is 4. The molecule has 1 saturated heterocycles. The van der Waals surface area contributed by atoms with Crippen LogP contribution in [0.25, 0.3) is 6.08 Å². The maximum absolute atomic E-state index is 12.5. The summed E-state index contributed by atoms with van der Waals surface area (Å²) in [5.74, 6) is 2.59. The van der Waals surface area contributed by atoms with Gasteiger partial charge in [-0.05, 0) is 36.6 Å². The summed E-state index contributed by atoms with van der Waals surface area (Å²) in [5.41, 5.74) is 1.48. The van der Waals surface area contributed by atoms with Gasteiger partial charge in [0.05, 0.1) is 0 Å². The first-order valence-corrected chi connectivity index (χ1v) is 9.01. The summed E-state index contributed by atoms with van der Waals surface area (Å²) in [6.07, 6.45) is 9.72. The van der Waals surface area contributed by atoms with Crippen LogP contribution in [0.2, 0.25) is 0 Å². The second-order valence-electron chi connectivity index (χ2n) is 6.64.